The van der Waals surface area contributed by atoms with Gasteiger partial charge in [-0.1, -0.05) is 12.1 Å². The van der Waals surface area contributed by atoms with Gasteiger partial charge in [-0.15, -0.1) is 0 Å². The Hall–Kier alpha value is -2.08. The van der Waals surface area contributed by atoms with Crippen LogP contribution in [0, 0.1) is 0 Å². The van der Waals surface area contributed by atoms with E-state index >= 15 is 0 Å². The summed E-state index contributed by atoms with van der Waals surface area (Å²) in [5.41, 5.74) is 0.945. The number of nitrogens with zero attached hydrogens (tertiary/aromatic N) is 1. The second kappa shape index (κ2) is 5.73. The molecular formula is C15H18N2O4. The van der Waals surface area contributed by atoms with E-state index in [0.717, 1.165) is 11.3 Å². The average molecular weight is 290 g/mol. The average Bonchev–Trinajstić information content (AvgIpc) is 2.91. The van der Waals surface area contributed by atoms with Gasteiger partial charge in [0.05, 0.1) is 25.7 Å². The third-order valence-electron chi connectivity index (χ3n) is 3.91. The molecule has 2 aliphatic rings. The lowest BCUT2D eigenvalue weighted by Gasteiger charge is -2.24. The number of morpholine rings is 1. The van der Waals surface area contributed by atoms with Crippen LogP contribution >= 0.6 is 0 Å². The summed E-state index contributed by atoms with van der Waals surface area (Å²) in [5.74, 6) is 0.711. The molecule has 0 aliphatic carbocycles. The van der Waals surface area contributed by atoms with Crippen LogP contribution in [0.3, 0.4) is 0 Å². The maximum Gasteiger partial charge on any atom is 0.246 e. The minimum absolute atomic E-state index is 0.0485. The molecule has 112 valence electrons. The molecule has 2 atom stereocenters. The van der Waals surface area contributed by atoms with Gasteiger partial charge in [0.25, 0.3) is 0 Å². The summed E-state index contributed by atoms with van der Waals surface area (Å²) in [4.78, 5) is 25.4. The maximum absolute atomic E-state index is 12.3. The summed E-state index contributed by atoms with van der Waals surface area (Å²) in [6, 6.07) is 7.38. The Morgan fingerprint density at radius 1 is 1.38 bits per heavy atom. The second-order valence-corrected chi connectivity index (χ2v) is 5.35. The van der Waals surface area contributed by atoms with Crippen molar-refractivity contribution < 1.29 is 19.1 Å². The Balaban J connectivity index is 1.59. The fourth-order valence-electron chi connectivity index (χ4n) is 2.75. The van der Waals surface area contributed by atoms with Crippen molar-refractivity contribution in [3.63, 3.8) is 0 Å². The normalized spacial score (nSPS) is 24.4. The zero-order valence-corrected chi connectivity index (χ0v) is 11.9. The third-order valence-corrected chi connectivity index (χ3v) is 3.91. The summed E-state index contributed by atoms with van der Waals surface area (Å²) >= 11 is 0. The fourth-order valence-corrected chi connectivity index (χ4v) is 2.75. The van der Waals surface area contributed by atoms with E-state index in [9.17, 15) is 9.59 Å². The predicted molar refractivity (Wildman–Crippen MR) is 74.9 cm³/mol. The standard InChI is InChI=1S/C15H18N2O4/c1-20-11-4-2-10(3-5-11)6-15(19)17-7-12-13(8-17)21-9-14(18)16-12/h2-5,12-13H,6-9H2,1H3,(H,16,18)/t12-,13-/m0/s1. The smallest absolute Gasteiger partial charge is 0.246 e. The lowest BCUT2D eigenvalue weighted by Crippen LogP contribution is -2.50. The Labute approximate surface area is 123 Å². The molecule has 6 heteroatoms. The minimum atomic E-state index is -0.110. The summed E-state index contributed by atoms with van der Waals surface area (Å²) in [6.45, 7) is 1.15. The van der Waals surface area contributed by atoms with Gasteiger partial charge < -0.3 is 19.7 Å². The van der Waals surface area contributed by atoms with Crippen molar-refractivity contribution in [3.05, 3.63) is 29.8 Å². The van der Waals surface area contributed by atoms with Gasteiger partial charge in [-0.05, 0) is 17.7 Å². The Kier molecular flexibility index (Phi) is 3.79. The molecule has 1 aromatic carbocycles. The quantitative estimate of drug-likeness (QED) is 0.848. The van der Waals surface area contributed by atoms with E-state index in [2.05, 4.69) is 5.32 Å². The van der Waals surface area contributed by atoms with Crippen molar-refractivity contribution in [1.29, 1.82) is 0 Å². The molecule has 0 radical (unpaired) electrons. The van der Waals surface area contributed by atoms with E-state index in [0.29, 0.717) is 19.5 Å². The molecule has 0 unspecified atom stereocenters. The van der Waals surface area contributed by atoms with Crippen LogP contribution in [0.15, 0.2) is 24.3 Å². The number of benzene rings is 1. The number of likely N-dealkylation sites (tertiary alicyclic amines) is 1. The molecule has 6 nitrogen and oxygen atoms in total. The van der Waals surface area contributed by atoms with Crippen LogP contribution in [0.5, 0.6) is 5.75 Å². The molecule has 0 aromatic heterocycles. The summed E-state index contributed by atoms with van der Waals surface area (Å²) in [6.07, 6.45) is 0.264. The van der Waals surface area contributed by atoms with Crippen LogP contribution in [-0.4, -0.2) is 55.7 Å². The number of fused-ring (bicyclic) bond motifs is 1. The first-order valence-corrected chi connectivity index (χ1v) is 6.97. The molecule has 0 bridgehead atoms. The highest BCUT2D eigenvalue weighted by atomic mass is 16.5. The molecule has 21 heavy (non-hydrogen) atoms. The number of hydrogen-bond acceptors (Lipinski definition) is 4. The molecule has 1 N–H and O–H groups in total. The van der Waals surface area contributed by atoms with E-state index in [1.807, 2.05) is 24.3 Å². The van der Waals surface area contributed by atoms with E-state index in [1.165, 1.54) is 0 Å². The lowest BCUT2D eigenvalue weighted by molar-refractivity contribution is -0.134. The largest absolute Gasteiger partial charge is 0.497 e. The molecule has 2 fully saturated rings. The molecular weight excluding hydrogens is 272 g/mol. The van der Waals surface area contributed by atoms with Gasteiger partial charge in [-0.25, -0.2) is 0 Å². The van der Waals surface area contributed by atoms with Gasteiger partial charge in [0.1, 0.15) is 12.4 Å². The van der Waals surface area contributed by atoms with Crippen LogP contribution in [-0.2, 0) is 20.7 Å². The van der Waals surface area contributed by atoms with Crippen molar-refractivity contribution in [2.45, 2.75) is 18.6 Å². The van der Waals surface area contributed by atoms with Crippen LogP contribution in [0.25, 0.3) is 0 Å². The van der Waals surface area contributed by atoms with Crippen molar-refractivity contribution in [1.82, 2.24) is 10.2 Å². The number of methoxy groups -OCH3 is 1. The predicted octanol–water partition coefficient (Wildman–Crippen LogP) is -0.0365. The fraction of sp³-hybridized carbons (Fsp3) is 0.467. The number of carbonyl (C=O) groups excluding carboxylic acids is 2. The van der Waals surface area contributed by atoms with Gasteiger partial charge in [0.2, 0.25) is 11.8 Å². The highest BCUT2D eigenvalue weighted by molar-refractivity contribution is 5.81. The highest BCUT2D eigenvalue weighted by Crippen LogP contribution is 2.18. The van der Waals surface area contributed by atoms with E-state index in [1.54, 1.807) is 12.0 Å². The van der Waals surface area contributed by atoms with Crippen LogP contribution in [0.1, 0.15) is 5.56 Å². The van der Waals surface area contributed by atoms with Crippen LogP contribution in [0.2, 0.25) is 0 Å². The molecule has 2 heterocycles. The maximum atomic E-state index is 12.3. The van der Waals surface area contributed by atoms with E-state index in [-0.39, 0.29) is 30.6 Å². The molecule has 2 aliphatic heterocycles. The number of ether oxygens (including phenoxy) is 2. The van der Waals surface area contributed by atoms with E-state index < -0.39 is 0 Å². The van der Waals surface area contributed by atoms with Crippen molar-refractivity contribution in [3.8, 4) is 5.75 Å². The number of nitrogens with one attached hydrogen (secondary N) is 1. The zero-order chi connectivity index (χ0) is 14.8. The third kappa shape index (κ3) is 3.00. The number of hydrogen-bond donors (Lipinski definition) is 1. The number of amides is 2. The van der Waals surface area contributed by atoms with Crippen molar-refractivity contribution >= 4 is 11.8 Å². The highest BCUT2D eigenvalue weighted by Gasteiger charge is 2.39. The minimum Gasteiger partial charge on any atom is -0.497 e. The van der Waals surface area contributed by atoms with Gasteiger partial charge in [-0.2, -0.15) is 0 Å². The molecule has 1 aromatic rings. The van der Waals surface area contributed by atoms with Gasteiger partial charge >= 0.3 is 0 Å². The first-order valence-electron chi connectivity index (χ1n) is 6.97. The summed E-state index contributed by atoms with van der Waals surface area (Å²) in [5, 5.41) is 2.87. The van der Waals surface area contributed by atoms with Crippen LogP contribution in [0.4, 0.5) is 0 Å². The zero-order valence-electron chi connectivity index (χ0n) is 11.9. The Morgan fingerprint density at radius 2 is 2.14 bits per heavy atom. The molecule has 3 rings (SSSR count). The first kappa shape index (κ1) is 13.9. The SMILES string of the molecule is COc1ccc(CC(=O)N2C[C@@H]3NC(=O)CO[C@H]3C2)cc1. The Bertz CT molecular complexity index is 543. The molecule has 2 amide bonds. The van der Waals surface area contributed by atoms with Crippen LogP contribution < -0.4 is 10.1 Å². The number of rotatable bonds is 3. The molecule has 0 spiro atoms. The Morgan fingerprint density at radius 3 is 2.86 bits per heavy atom. The lowest BCUT2D eigenvalue weighted by atomic mass is 10.1. The number of carbonyl (C=O) groups is 2. The van der Waals surface area contributed by atoms with E-state index in [4.69, 9.17) is 9.47 Å². The van der Waals surface area contributed by atoms with Gasteiger partial charge in [0, 0.05) is 13.1 Å². The molecule has 0 saturated carbocycles. The van der Waals surface area contributed by atoms with Crippen molar-refractivity contribution in [2.75, 3.05) is 26.8 Å². The van der Waals surface area contributed by atoms with Gasteiger partial charge in [-0.3, -0.25) is 9.59 Å². The van der Waals surface area contributed by atoms with Crippen molar-refractivity contribution in [2.24, 2.45) is 0 Å². The summed E-state index contributed by atoms with van der Waals surface area (Å²) in [7, 11) is 1.61. The van der Waals surface area contributed by atoms with Gasteiger partial charge in [0.15, 0.2) is 0 Å². The second-order valence-electron chi connectivity index (χ2n) is 5.35. The topological polar surface area (TPSA) is 67.9 Å². The monoisotopic (exact) mass is 290 g/mol. The summed E-state index contributed by atoms with van der Waals surface area (Å²) < 4.78 is 10.5. The molecule has 2 saturated heterocycles. The first-order chi connectivity index (χ1) is 10.2.